The molecule has 1 aliphatic rings. The average molecular weight is 318 g/mol. The number of hydrogen-bond acceptors (Lipinski definition) is 4. The summed E-state index contributed by atoms with van der Waals surface area (Å²) >= 11 is 0. The maximum absolute atomic E-state index is 5.37. The van der Waals surface area contributed by atoms with Gasteiger partial charge in [-0.3, -0.25) is 5.43 Å². The van der Waals surface area contributed by atoms with Crippen LogP contribution in [-0.2, 0) is 0 Å². The molecule has 0 aromatic heterocycles. The van der Waals surface area contributed by atoms with E-state index in [2.05, 4.69) is 46.5 Å². The van der Waals surface area contributed by atoms with E-state index in [1.807, 2.05) is 0 Å². The van der Waals surface area contributed by atoms with E-state index in [4.69, 9.17) is 5.84 Å². The van der Waals surface area contributed by atoms with Gasteiger partial charge < -0.3 is 4.90 Å². The molecule has 0 saturated heterocycles. The van der Waals surface area contributed by atoms with Crippen LogP contribution in [0.25, 0.3) is 0 Å². The molecule has 2 rings (SSSR count). The summed E-state index contributed by atoms with van der Waals surface area (Å²) in [5, 5.41) is 0. The molecule has 0 atom stereocenters. The summed E-state index contributed by atoms with van der Waals surface area (Å²) in [4.78, 5) is 6.31. The highest BCUT2D eigenvalue weighted by atomic mass is 127. The minimum absolute atomic E-state index is 0. The highest BCUT2D eigenvalue weighted by Crippen LogP contribution is 2.16. The molecule has 0 aliphatic carbocycles. The Hall–Kier alpha value is -0.820. The van der Waals surface area contributed by atoms with E-state index >= 15 is 0 Å². The van der Waals surface area contributed by atoms with Gasteiger partial charge in [-0.1, -0.05) is 17.7 Å². The van der Waals surface area contributed by atoms with Crippen LogP contribution < -0.4 is 16.2 Å². The van der Waals surface area contributed by atoms with Gasteiger partial charge in [-0.25, -0.2) is 10.8 Å². The summed E-state index contributed by atoms with van der Waals surface area (Å²) in [5.41, 5.74) is 4.99. The zero-order valence-corrected chi connectivity index (χ0v) is 10.9. The van der Waals surface area contributed by atoms with Crippen molar-refractivity contribution in [2.75, 3.05) is 18.0 Å². The van der Waals surface area contributed by atoms with Crippen molar-refractivity contribution in [3.8, 4) is 0 Å². The van der Waals surface area contributed by atoms with Gasteiger partial charge >= 0.3 is 0 Å². The van der Waals surface area contributed by atoms with Crippen molar-refractivity contribution in [2.24, 2.45) is 10.8 Å². The lowest BCUT2D eigenvalue weighted by molar-refractivity contribution is 0.976. The molecule has 0 bridgehead atoms. The van der Waals surface area contributed by atoms with Crippen LogP contribution in [0.4, 0.5) is 5.69 Å². The van der Waals surface area contributed by atoms with E-state index in [0.717, 1.165) is 24.7 Å². The minimum Gasteiger partial charge on any atom is -0.310 e. The van der Waals surface area contributed by atoms with Crippen LogP contribution in [0, 0.1) is 6.92 Å². The number of rotatable bonds is 1. The largest absolute Gasteiger partial charge is 0.310 e. The first-order valence-corrected chi connectivity index (χ1v) is 4.66. The van der Waals surface area contributed by atoms with Crippen LogP contribution in [0.5, 0.6) is 0 Å². The lowest BCUT2D eigenvalue weighted by Crippen LogP contribution is -2.42. The second kappa shape index (κ2) is 5.32. The number of hydrogen-bond donors (Lipinski definition) is 2. The second-order valence-electron chi connectivity index (χ2n) is 3.34. The number of nitrogens with two attached hydrogens (primary N) is 1. The number of halogens is 1. The first kappa shape index (κ1) is 12.3. The lowest BCUT2D eigenvalue weighted by atomic mass is 10.2. The van der Waals surface area contributed by atoms with Crippen LogP contribution in [0.1, 0.15) is 5.56 Å². The fourth-order valence-electron chi connectivity index (χ4n) is 1.55. The Morgan fingerprint density at radius 2 is 2.00 bits per heavy atom. The van der Waals surface area contributed by atoms with Gasteiger partial charge in [0.05, 0.1) is 6.54 Å². The molecule has 0 spiro atoms. The maximum Gasteiger partial charge on any atom is 0.213 e. The minimum atomic E-state index is 0. The zero-order chi connectivity index (χ0) is 9.97. The Morgan fingerprint density at radius 3 is 2.60 bits per heavy atom. The molecule has 15 heavy (non-hydrogen) atoms. The van der Waals surface area contributed by atoms with Crippen molar-refractivity contribution in [1.82, 2.24) is 5.43 Å². The Bertz CT molecular complexity index is 347. The quantitative estimate of drug-likeness (QED) is 0.466. The molecule has 3 N–H and O–H groups in total. The molecule has 0 saturated carbocycles. The van der Waals surface area contributed by atoms with Gasteiger partial charge in [-0.15, -0.1) is 24.0 Å². The number of aliphatic imine (C=N–C) groups is 1. The fraction of sp³-hybridized carbons (Fsp3) is 0.300. The van der Waals surface area contributed by atoms with Gasteiger partial charge in [0.1, 0.15) is 0 Å². The van der Waals surface area contributed by atoms with Gasteiger partial charge in [0, 0.05) is 12.2 Å². The molecular weight excluding hydrogens is 303 g/mol. The van der Waals surface area contributed by atoms with Gasteiger partial charge in [0.25, 0.3) is 0 Å². The summed E-state index contributed by atoms with van der Waals surface area (Å²) in [6.07, 6.45) is 0. The summed E-state index contributed by atoms with van der Waals surface area (Å²) in [5.74, 6) is 6.11. The number of benzene rings is 1. The van der Waals surface area contributed by atoms with E-state index in [0.29, 0.717) is 0 Å². The molecule has 0 unspecified atom stereocenters. The number of hydrazine groups is 1. The summed E-state index contributed by atoms with van der Waals surface area (Å²) < 4.78 is 0. The van der Waals surface area contributed by atoms with E-state index in [9.17, 15) is 0 Å². The molecule has 4 nitrogen and oxygen atoms in total. The number of nitrogens with zero attached hydrogens (tertiary/aromatic N) is 2. The van der Waals surface area contributed by atoms with Crippen molar-refractivity contribution < 1.29 is 0 Å². The topological polar surface area (TPSA) is 53.6 Å². The number of anilines is 1. The molecule has 5 heteroatoms. The predicted octanol–water partition coefficient (Wildman–Crippen LogP) is 1.25. The normalized spacial score (nSPS) is 14.5. The third kappa shape index (κ3) is 2.60. The molecule has 0 radical (unpaired) electrons. The first-order chi connectivity index (χ1) is 6.81. The number of guanidine groups is 1. The summed E-state index contributed by atoms with van der Waals surface area (Å²) in [6.45, 7) is 3.76. The number of aryl methyl sites for hydroxylation is 1. The monoisotopic (exact) mass is 318 g/mol. The van der Waals surface area contributed by atoms with Crippen LogP contribution >= 0.6 is 24.0 Å². The molecule has 82 valence electrons. The summed E-state index contributed by atoms with van der Waals surface area (Å²) in [7, 11) is 0. The van der Waals surface area contributed by atoms with E-state index < -0.39 is 0 Å². The van der Waals surface area contributed by atoms with Gasteiger partial charge in [0.2, 0.25) is 5.96 Å². The van der Waals surface area contributed by atoms with Gasteiger partial charge in [-0.2, -0.15) is 0 Å². The highest BCUT2D eigenvalue weighted by Gasteiger charge is 2.16. The zero-order valence-electron chi connectivity index (χ0n) is 8.60. The van der Waals surface area contributed by atoms with Crippen molar-refractivity contribution in [2.45, 2.75) is 6.92 Å². The molecule has 1 aromatic carbocycles. The smallest absolute Gasteiger partial charge is 0.213 e. The molecule has 1 heterocycles. The Morgan fingerprint density at radius 1 is 1.33 bits per heavy atom. The third-order valence-electron chi connectivity index (χ3n) is 2.32. The van der Waals surface area contributed by atoms with Crippen molar-refractivity contribution in [3.63, 3.8) is 0 Å². The molecule has 0 amide bonds. The maximum atomic E-state index is 5.37. The first-order valence-electron chi connectivity index (χ1n) is 4.66. The molecule has 1 aromatic rings. The SMILES string of the molecule is Cc1ccc(N2CCN=C2NN)cc1.I. The highest BCUT2D eigenvalue weighted by molar-refractivity contribution is 14.0. The van der Waals surface area contributed by atoms with E-state index in [1.54, 1.807) is 0 Å². The van der Waals surface area contributed by atoms with Crippen LogP contribution in [0.3, 0.4) is 0 Å². The molecule has 0 fully saturated rings. The Balaban J connectivity index is 0.00000112. The predicted molar refractivity (Wildman–Crippen MR) is 73.6 cm³/mol. The molecule has 1 aliphatic heterocycles. The van der Waals surface area contributed by atoms with Crippen molar-refractivity contribution in [3.05, 3.63) is 29.8 Å². The van der Waals surface area contributed by atoms with E-state index in [-0.39, 0.29) is 24.0 Å². The van der Waals surface area contributed by atoms with Crippen LogP contribution in [0.15, 0.2) is 29.3 Å². The van der Waals surface area contributed by atoms with Gasteiger partial charge in [0.15, 0.2) is 0 Å². The Kier molecular flexibility index (Phi) is 4.34. The Labute approximate surface area is 107 Å². The number of nitrogens with one attached hydrogen (secondary N) is 1. The standard InChI is InChI=1S/C10H14N4.HI/c1-8-2-4-9(5-3-8)14-7-6-12-10(14)13-11;/h2-5H,6-7,11H2,1H3,(H,12,13);1H. The average Bonchev–Trinajstić information content (AvgIpc) is 2.67. The van der Waals surface area contributed by atoms with Crippen molar-refractivity contribution >= 4 is 35.6 Å². The molecular formula is C10H15IN4. The third-order valence-corrected chi connectivity index (χ3v) is 2.32. The second-order valence-corrected chi connectivity index (χ2v) is 3.34. The fourth-order valence-corrected chi connectivity index (χ4v) is 1.55. The van der Waals surface area contributed by atoms with E-state index in [1.165, 1.54) is 5.56 Å². The summed E-state index contributed by atoms with van der Waals surface area (Å²) in [6, 6.07) is 8.32. The van der Waals surface area contributed by atoms with Crippen molar-refractivity contribution in [1.29, 1.82) is 0 Å². The van der Waals surface area contributed by atoms with Gasteiger partial charge in [-0.05, 0) is 19.1 Å². The lowest BCUT2D eigenvalue weighted by Gasteiger charge is -2.19. The van der Waals surface area contributed by atoms with Crippen LogP contribution in [0.2, 0.25) is 0 Å². The van der Waals surface area contributed by atoms with Crippen LogP contribution in [-0.4, -0.2) is 19.0 Å².